The van der Waals surface area contributed by atoms with Crippen LogP contribution in [0.2, 0.25) is 0 Å². The number of alkyl halides is 3. The van der Waals surface area contributed by atoms with Crippen LogP contribution in [-0.4, -0.2) is 234 Å². The number of methoxy groups -OCH3 is 4. The Hall–Kier alpha value is -1.05. The summed E-state index contributed by atoms with van der Waals surface area (Å²) >= 11 is 0. The summed E-state index contributed by atoms with van der Waals surface area (Å²) in [5, 5.41) is 103. The highest BCUT2D eigenvalue weighted by Gasteiger charge is 2.56. The molecule has 0 aromatic heterocycles. The summed E-state index contributed by atoms with van der Waals surface area (Å²) in [6.07, 6.45) is -13.7. The van der Waals surface area contributed by atoms with Crippen LogP contribution in [0, 0.1) is 23.7 Å². The lowest BCUT2D eigenvalue weighted by Crippen LogP contribution is -2.68. The van der Waals surface area contributed by atoms with E-state index >= 15 is 0 Å². The molecule has 366 valence electrons. The summed E-state index contributed by atoms with van der Waals surface area (Å²) in [5.41, 5.74) is 17.6. The third-order valence-corrected chi connectivity index (χ3v) is 12.0. The first kappa shape index (κ1) is 58.0. The van der Waals surface area contributed by atoms with Crippen molar-refractivity contribution in [2.75, 3.05) is 74.7 Å². The summed E-state index contributed by atoms with van der Waals surface area (Å²) in [4.78, 5) is 0. The Morgan fingerprint density at radius 2 is 0.967 bits per heavy atom. The maximum atomic E-state index is 14.5. The van der Waals surface area contributed by atoms with Crippen LogP contribution in [0.15, 0.2) is 0 Å². The molecule has 3 saturated heterocycles. The van der Waals surface area contributed by atoms with Gasteiger partial charge in [0.05, 0.1) is 63.5 Å². The van der Waals surface area contributed by atoms with E-state index in [1.165, 1.54) is 42.3 Å². The lowest BCUT2D eigenvalue weighted by molar-refractivity contribution is -0.320. The third kappa shape index (κ3) is 13.7. The molecule has 3 fully saturated rings. The van der Waals surface area contributed by atoms with Gasteiger partial charge in [0.1, 0.15) is 24.4 Å². The van der Waals surface area contributed by atoms with Gasteiger partial charge in [-0.15, -0.1) is 0 Å². The third-order valence-electron chi connectivity index (χ3n) is 12.0. The molecule has 21 nitrogen and oxygen atoms in total. The Morgan fingerprint density at radius 3 is 1.25 bits per heavy atom. The standard InChI is InChI=1S/2C14H28FNO6.C9H18FNO6/c2*1-14(21-3)13(15)9(7-19)11(16)12(22-14)8(6-18)10(20-2)4-5-17;1-9(16)8(10)6(15)4(11)7(17-9)5(14)3(13)2-12/h2*8-13,17-19H,4-7,16H2,1-3H3;3-8,12-16H,2,11H2,1H3/t2*8-,9?,10-,11?,12?,13?,14?;3-,4?,5-,6?,7?,8?,9?/m111/s1. The first-order valence-corrected chi connectivity index (χ1v) is 19.9. The molecule has 0 amide bonds. The predicted molar refractivity (Wildman–Crippen MR) is 207 cm³/mol. The second-order valence-corrected chi connectivity index (χ2v) is 15.9. The number of aliphatic hydroxyl groups is 11. The second-order valence-electron chi connectivity index (χ2n) is 15.9. The highest BCUT2D eigenvalue weighted by molar-refractivity contribution is 5.02. The fourth-order valence-electron chi connectivity index (χ4n) is 7.86. The average Bonchev–Trinajstić information content (AvgIpc) is 3.25. The van der Waals surface area contributed by atoms with Crippen molar-refractivity contribution >= 4 is 0 Å². The molecule has 0 aromatic carbocycles. The van der Waals surface area contributed by atoms with Gasteiger partial charge in [0.15, 0.2) is 35.9 Å². The Kier molecular flexibility index (Phi) is 24.9. The van der Waals surface area contributed by atoms with Crippen LogP contribution in [0.3, 0.4) is 0 Å². The SMILES string of the molecule is CC1(O)OC([C@H](O)[C@H](O)CO)C(N)C(O)C1F.CO[C@H](CCO)[C@@H](CO)C1OC(C)(OC)C(F)C(CO)C1N.CO[C@H](CCO)[C@@H](CO)C1OC(C)(OC)C(F)C(CO)C1N. The second kappa shape index (κ2) is 26.2. The zero-order valence-corrected chi connectivity index (χ0v) is 35.9. The van der Waals surface area contributed by atoms with Gasteiger partial charge in [-0.2, -0.15) is 0 Å². The molecular formula is C37H74F3N3O18. The van der Waals surface area contributed by atoms with E-state index in [-0.39, 0.29) is 39.3 Å². The lowest BCUT2D eigenvalue weighted by Gasteiger charge is -2.49. The van der Waals surface area contributed by atoms with Crippen LogP contribution in [0.25, 0.3) is 0 Å². The summed E-state index contributed by atoms with van der Waals surface area (Å²) in [5.74, 6) is -8.39. The van der Waals surface area contributed by atoms with E-state index in [4.69, 9.17) is 65.7 Å². The van der Waals surface area contributed by atoms with Crippen molar-refractivity contribution in [1.29, 1.82) is 0 Å². The molecule has 3 rings (SSSR count). The molecule has 3 aliphatic heterocycles. The Bertz CT molecular complexity index is 1150. The highest BCUT2D eigenvalue weighted by Crippen LogP contribution is 2.41. The van der Waals surface area contributed by atoms with Gasteiger partial charge in [0, 0.05) is 77.4 Å². The number of aliphatic hydroxyl groups excluding tert-OH is 10. The maximum Gasteiger partial charge on any atom is 0.197 e. The zero-order chi connectivity index (χ0) is 47.2. The van der Waals surface area contributed by atoms with Crippen LogP contribution in [0.4, 0.5) is 13.2 Å². The van der Waals surface area contributed by atoms with E-state index in [2.05, 4.69) is 0 Å². The molecule has 0 aromatic rings. The number of ether oxygens (including phenoxy) is 7. The van der Waals surface area contributed by atoms with Gasteiger partial charge < -0.3 is 107 Å². The van der Waals surface area contributed by atoms with Crippen molar-refractivity contribution in [3.8, 4) is 0 Å². The van der Waals surface area contributed by atoms with Crippen molar-refractivity contribution < 1.29 is 103 Å². The van der Waals surface area contributed by atoms with E-state index in [9.17, 15) is 54.0 Å². The molecule has 0 spiro atoms. The van der Waals surface area contributed by atoms with Crippen molar-refractivity contribution in [2.45, 2.75) is 136 Å². The summed E-state index contributed by atoms with van der Waals surface area (Å²) in [6, 6.07) is -3.00. The van der Waals surface area contributed by atoms with Gasteiger partial charge in [0.25, 0.3) is 0 Å². The van der Waals surface area contributed by atoms with Gasteiger partial charge in [-0.3, -0.25) is 0 Å². The highest BCUT2D eigenvalue weighted by atomic mass is 19.1. The number of hydrogen-bond donors (Lipinski definition) is 14. The van der Waals surface area contributed by atoms with Crippen molar-refractivity contribution in [2.24, 2.45) is 40.9 Å². The van der Waals surface area contributed by atoms with E-state index in [0.29, 0.717) is 0 Å². The molecule has 3 heterocycles. The average molecular weight is 906 g/mol. The van der Waals surface area contributed by atoms with Crippen LogP contribution in [0.1, 0.15) is 33.6 Å². The first-order valence-electron chi connectivity index (χ1n) is 19.9. The van der Waals surface area contributed by atoms with Crippen molar-refractivity contribution in [3.63, 3.8) is 0 Å². The Morgan fingerprint density at radius 1 is 0.590 bits per heavy atom. The van der Waals surface area contributed by atoms with Gasteiger partial charge in [0.2, 0.25) is 0 Å². The molecular weight excluding hydrogens is 831 g/mol. The summed E-state index contributed by atoms with van der Waals surface area (Å²) in [7, 11) is 5.53. The molecule has 17 N–H and O–H groups in total. The van der Waals surface area contributed by atoms with E-state index in [1.807, 2.05) is 0 Å². The molecule has 0 aliphatic carbocycles. The largest absolute Gasteiger partial charge is 0.396 e. The van der Waals surface area contributed by atoms with Crippen molar-refractivity contribution in [1.82, 2.24) is 0 Å². The van der Waals surface area contributed by atoms with Gasteiger partial charge in [-0.25, -0.2) is 13.2 Å². The topological polar surface area (TPSA) is 365 Å². The fraction of sp³-hybridized carbons (Fsp3) is 1.00. The number of hydrogen-bond acceptors (Lipinski definition) is 21. The van der Waals surface area contributed by atoms with E-state index < -0.39 is 146 Å². The first-order chi connectivity index (χ1) is 28.5. The fourth-order valence-corrected chi connectivity index (χ4v) is 7.86. The van der Waals surface area contributed by atoms with E-state index in [1.54, 1.807) is 0 Å². The van der Waals surface area contributed by atoms with Gasteiger partial charge in [-0.1, -0.05) is 0 Å². The zero-order valence-electron chi connectivity index (χ0n) is 35.9. The molecule has 0 radical (unpaired) electrons. The van der Waals surface area contributed by atoms with E-state index in [0.717, 1.165) is 6.92 Å². The molecule has 61 heavy (non-hydrogen) atoms. The van der Waals surface area contributed by atoms with Gasteiger partial charge >= 0.3 is 0 Å². The minimum absolute atomic E-state index is 0.131. The quantitative estimate of drug-likeness (QED) is 0.0576. The minimum Gasteiger partial charge on any atom is -0.396 e. The molecule has 0 bridgehead atoms. The Balaban J connectivity index is 0.000000462. The van der Waals surface area contributed by atoms with Crippen LogP contribution in [0.5, 0.6) is 0 Å². The molecule has 3 aliphatic rings. The number of halogens is 3. The molecule has 15 unspecified atom stereocenters. The molecule has 24 heteroatoms. The van der Waals surface area contributed by atoms with Gasteiger partial charge in [-0.05, 0) is 33.6 Å². The molecule has 0 saturated carbocycles. The van der Waals surface area contributed by atoms with Crippen LogP contribution >= 0.6 is 0 Å². The maximum absolute atomic E-state index is 14.5. The summed E-state index contributed by atoms with van der Waals surface area (Å²) in [6.45, 7) is 1.26. The molecule has 21 atom stereocenters. The van der Waals surface area contributed by atoms with Crippen LogP contribution < -0.4 is 17.2 Å². The number of nitrogens with two attached hydrogens (primary N) is 3. The minimum atomic E-state index is -2.32. The number of rotatable bonds is 19. The predicted octanol–water partition coefficient (Wildman–Crippen LogP) is -5.11. The van der Waals surface area contributed by atoms with Crippen LogP contribution in [-0.2, 0) is 33.2 Å². The summed E-state index contributed by atoms with van der Waals surface area (Å²) < 4.78 is 79.5. The normalized spacial score (nSPS) is 40.9. The Labute approximate surface area is 354 Å². The lowest BCUT2D eigenvalue weighted by atomic mass is 9.78. The van der Waals surface area contributed by atoms with Crippen molar-refractivity contribution in [3.05, 3.63) is 0 Å². The smallest absolute Gasteiger partial charge is 0.197 e. The monoisotopic (exact) mass is 905 g/mol.